The minimum absolute atomic E-state index is 0.393. The molecule has 0 spiro atoms. The van der Waals surface area contributed by atoms with Crippen molar-refractivity contribution in [1.82, 2.24) is 9.80 Å². The molecule has 0 aromatic heterocycles. The molecule has 3 heteroatoms. The molecule has 1 aliphatic heterocycles. The SMILES string of the molecule is O[C@@H](CN1CCN(C/C=C\c2ccccc2)CC1)c1ccccc1. The summed E-state index contributed by atoms with van der Waals surface area (Å²) in [7, 11) is 0. The first kappa shape index (κ1) is 16.9. The van der Waals surface area contributed by atoms with Crippen LogP contribution in [0.15, 0.2) is 66.7 Å². The molecular formula is C21H26N2O. The zero-order chi connectivity index (χ0) is 16.6. The van der Waals surface area contributed by atoms with Gasteiger partial charge >= 0.3 is 0 Å². The smallest absolute Gasteiger partial charge is 0.0916 e. The van der Waals surface area contributed by atoms with Gasteiger partial charge in [0, 0.05) is 39.3 Å². The summed E-state index contributed by atoms with van der Waals surface area (Å²) in [5, 5.41) is 10.3. The third-order valence-corrected chi connectivity index (χ3v) is 4.55. The number of hydrogen-bond acceptors (Lipinski definition) is 3. The summed E-state index contributed by atoms with van der Waals surface area (Å²) in [5.74, 6) is 0. The topological polar surface area (TPSA) is 26.7 Å². The van der Waals surface area contributed by atoms with Gasteiger partial charge in [0.05, 0.1) is 6.10 Å². The molecule has 1 N–H and O–H groups in total. The van der Waals surface area contributed by atoms with Crippen molar-refractivity contribution in [2.75, 3.05) is 39.3 Å². The molecule has 2 aromatic rings. The molecule has 0 unspecified atom stereocenters. The Morgan fingerprint density at radius 2 is 1.42 bits per heavy atom. The molecule has 0 saturated carbocycles. The van der Waals surface area contributed by atoms with Crippen molar-refractivity contribution >= 4 is 6.08 Å². The normalized spacial score (nSPS) is 18.0. The van der Waals surface area contributed by atoms with E-state index < -0.39 is 6.10 Å². The zero-order valence-corrected chi connectivity index (χ0v) is 14.1. The number of nitrogens with zero attached hydrogens (tertiary/aromatic N) is 2. The molecule has 0 radical (unpaired) electrons. The van der Waals surface area contributed by atoms with Gasteiger partial charge in [-0.1, -0.05) is 72.8 Å². The third kappa shape index (κ3) is 5.03. The van der Waals surface area contributed by atoms with Crippen LogP contribution in [0.1, 0.15) is 17.2 Å². The standard InChI is InChI=1S/C21H26N2O/c24-21(20-11-5-2-6-12-20)18-23-16-14-22(15-17-23)13-7-10-19-8-3-1-4-9-19/h1-12,21,24H,13-18H2/b10-7-/t21-/m0/s1. The molecule has 0 amide bonds. The van der Waals surface area contributed by atoms with Gasteiger partial charge in [0.15, 0.2) is 0 Å². The lowest BCUT2D eigenvalue weighted by Crippen LogP contribution is -2.47. The van der Waals surface area contributed by atoms with Gasteiger partial charge in [0.1, 0.15) is 0 Å². The highest BCUT2D eigenvalue weighted by Crippen LogP contribution is 2.15. The van der Waals surface area contributed by atoms with Crippen LogP contribution in [-0.2, 0) is 0 Å². The Bertz CT molecular complexity index is 619. The van der Waals surface area contributed by atoms with Gasteiger partial charge in [-0.3, -0.25) is 9.80 Å². The number of hydrogen-bond donors (Lipinski definition) is 1. The first-order valence-electron chi connectivity index (χ1n) is 8.70. The lowest BCUT2D eigenvalue weighted by atomic mass is 10.1. The first-order chi connectivity index (χ1) is 11.8. The van der Waals surface area contributed by atoms with E-state index >= 15 is 0 Å². The molecule has 3 nitrogen and oxygen atoms in total. The van der Waals surface area contributed by atoms with Crippen LogP contribution in [-0.4, -0.2) is 54.2 Å². The van der Waals surface area contributed by atoms with Gasteiger partial charge in [0.25, 0.3) is 0 Å². The van der Waals surface area contributed by atoms with Gasteiger partial charge in [-0.2, -0.15) is 0 Å². The Kier molecular flexibility index (Phi) is 6.19. The van der Waals surface area contributed by atoms with E-state index in [4.69, 9.17) is 0 Å². The summed E-state index contributed by atoms with van der Waals surface area (Å²) in [6, 6.07) is 20.4. The highest BCUT2D eigenvalue weighted by Gasteiger charge is 2.19. The van der Waals surface area contributed by atoms with Gasteiger partial charge in [-0.15, -0.1) is 0 Å². The van der Waals surface area contributed by atoms with E-state index in [1.165, 1.54) is 5.56 Å². The summed E-state index contributed by atoms with van der Waals surface area (Å²) in [6.07, 6.45) is 4.03. The van der Waals surface area contributed by atoms with Crippen LogP contribution in [0.5, 0.6) is 0 Å². The quantitative estimate of drug-likeness (QED) is 0.885. The summed E-state index contributed by atoms with van der Waals surface area (Å²) >= 11 is 0. The zero-order valence-electron chi connectivity index (χ0n) is 14.1. The maximum absolute atomic E-state index is 10.3. The third-order valence-electron chi connectivity index (χ3n) is 4.55. The van der Waals surface area contributed by atoms with Crippen LogP contribution in [0.25, 0.3) is 6.08 Å². The number of piperazine rings is 1. The number of β-amino-alcohol motifs (C(OH)–C–C–N with tert-alkyl or cyclic N) is 1. The second-order valence-electron chi connectivity index (χ2n) is 6.34. The van der Waals surface area contributed by atoms with E-state index in [1.54, 1.807) is 0 Å². The summed E-state index contributed by atoms with van der Waals surface area (Å²) in [6.45, 7) is 5.86. The average molecular weight is 322 g/mol. The van der Waals surface area contributed by atoms with Gasteiger partial charge in [-0.25, -0.2) is 0 Å². The van der Waals surface area contributed by atoms with Crippen LogP contribution >= 0.6 is 0 Å². The Labute approximate surface area is 144 Å². The fourth-order valence-corrected chi connectivity index (χ4v) is 3.08. The molecule has 1 saturated heterocycles. The highest BCUT2D eigenvalue weighted by atomic mass is 16.3. The summed E-state index contributed by atoms with van der Waals surface area (Å²) in [4.78, 5) is 4.82. The molecule has 126 valence electrons. The van der Waals surface area contributed by atoms with Crippen molar-refractivity contribution in [3.8, 4) is 0 Å². The van der Waals surface area contributed by atoms with E-state index in [-0.39, 0.29) is 0 Å². The molecule has 1 fully saturated rings. The molecule has 2 aromatic carbocycles. The van der Waals surface area contributed by atoms with E-state index in [9.17, 15) is 5.11 Å². The van der Waals surface area contributed by atoms with Crippen molar-refractivity contribution in [3.05, 3.63) is 77.9 Å². The maximum Gasteiger partial charge on any atom is 0.0916 e. The highest BCUT2D eigenvalue weighted by molar-refractivity contribution is 5.48. The number of benzene rings is 2. The molecular weight excluding hydrogens is 296 g/mol. The average Bonchev–Trinajstić information content (AvgIpc) is 2.65. The monoisotopic (exact) mass is 322 g/mol. The Hall–Kier alpha value is -1.94. The van der Waals surface area contributed by atoms with Crippen molar-refractivity contribution in [3.63, 3.8) is 0 Å². The first-order valence-corrected chi connectivity index (χ1v) is 8.70. The van der Waals surface area contributed by atoms with Crippen molar-refractivity contribution < 1.29 is 5.11 Å². The molecule has 0 aliphatic carbocycles. The van der Waals surface area contributed by atoms with E-state index in [1.807, 2.05) is 36.4 Å². The predicted molar refractivity (Wildman–Crippen MR) is 99.8 cm³/mol. The van der Waals surface area contributed by atoms with Gasteiger partial charge in [0.2, 0.25) is 0 Å². The van der Waals surface area contributed by atoms with Crippen LogP contribution in [0.4, 0.5) is 0 Å². The Morgan fingerprint density at radius 3 is 2.08 bits per heavy atom. The van der Waals surface area contributed by atoms with E-state index in [0.717, 1.165) is 44.8 Å². The van der Waals surface area contributed by atoms with E-state index in [2.05, 4.69) is 46.2 Å². The fraction of sp³-hybridized carbons (Fsp3) is 0.333. The molecule has 1 atom stereocenters. The molecule has 1 heterocycles. The second-order valence-corrected chi connectivity index (χ2v) is 6.34. The molecule has 0 bridgehead atoms. The van der Waals surface area contributed by atoms with Crippen LogP contribution in [0, 0.1) is 0 Å². The summed E-state index contributed by atoms with van der Waals surface area (Å²) in [5.41, 5.74) is 2.26. The van der Waals surface area contributed by atoms with Crippen molar-refractivity contribution in [2.45, 2.75) is 6.10 Å². The number of aliphatic hydroxyl groups excluding tert-OH is 1. The number of rotatable bonds is 6. The van der Waals surface area contributed by atoms with Crippen molar-refractivity contribution in [2.24, 2.45) is 0 Å². The number of aliphatic hydroxyl groups is 1. The van der Waals surface area contributed by atoms with Gasteiger partial charge < -0.3 is 5.11 Å². The van der Waals surface area contributed by atoms with E-state index in [0.29, 0.717) is 0 Å². The summed E-state index contributed by atoms with van der Waals surface area (Å²) < 4.78 is 0. The minimum Gasteiger partial charge on any atom is -0.387 e. The van der Waals surface area contributed by atoms with Crippen molar-refractivity contribution in [1.29, 1.82) is 0 Å². The fourth-order valence-electron chi connectivity index (χ4n) is 3.08. The largest absolute Gasteiger partial charge is 0.387 e. The lowest BCUT2D eigenvalue weighted by Gasteiger charge is -2.35. The molecule has 1 aliphatic rings. The Balaban J connectivity index is 1.40. The lowest BCUT2D eigenvalue weighted by molar-refractivity contribution is 0.0764. The minimum atomic E-state index is -0.393. The predicted octanol–water partition coefficient (Wildman–Crippen LogP) is 3.05. The molecule has 24 heavy (non-hydrogen) atoms. The second kappa shape index (κ2) is 8.78. The van der Waals surface area contributed by atoms with Crippen LogP contribution < -0.4 is 0 Å². The van der Waals surface area contributed by atoms with Crippen LogP contribution in [0.2, 0.25) is 0 Å². The maximum atomic E-state index is 10.3. The molecule has 3 rings (SSSR count). The Morgan fingerprint density at radius 1 is 0.833 bits per heavy atom. The van der Waals surface area contributed by atoms with Crippen LogP contribution in [0.3, 0.4) is 0 Å². The van der Waals surface area contributed by atoms with Gasteiger partial charge in [-0.05, 0) is 11.1 Å².